The third kappa shape index (κ3) is 5.55. The predicted molar refractivity (Wildman–Crippen MR) is 97.4 cm³/mol. The van der Waals surface area contributed by atoms with Crippen molar-refractivity contribution in [3.63, 3.8) is 0 Å². The van der Waals surface area contributed by atoms with Crippen LogP contribution in [-0.2, 0) is 12.4 Å². The fraction of sp³-hybridized carbons (Fsp3) is 0.684. The Morgan fingerprint density at radius 3 is 2.00 bits per heavy atom. The van der Waals surface area contributed by atoms with E-state index in [1.807, 2.05) is 0 Å². The normalized spacial score (nSPS) is 20.9. The first kappa shape index (κ1) is 24.2. The lowest BCUT2D eigenvalue weighted by Gasteiger charge is -2.42. The van der Waals surface area contributed by atoms with E-state index < -0.39 is 40.9 Å². The SMILES string of the molecule is Cl.Fc1cc(C(F)(F)F)cc(C(F)(F)F)c1[C@@H](C1CCCCC1)N1CCNCC1. The molecule has 1 saturated heterocycles. The first-order chi connectivity index (χ1) is 13.1. The number of hydrogen-bond acceptors (Lipinski definition) is 2. The lowest BCUT2D eigenvalue weighted by atomic mass is 9.78. The highest BCUT2D eigenvalue weighted by molar-refractivity contribution is 5.85. The summed E-state index contributed by atoms with van der Waals surface area (Å²) < 4.78 is 95.1. The van der Waals surface area contributed by atoms with Gasteiger partial charge in [-0.25, -0.2) is 4.39 Å². The number of rotatable bonds is 3. The van der Waals surface area contributed by atoms with Crippen LogP contribution in [0.2, 0.25) is 0 Å². The van der Waals surface area contributed by atoms with Gasteiger partial charge in [-0.1, -0.05) is 19.3 Å². The molecule has 10 heteroatoms. The van der Waals surface area contributed by atoms with E-state index in [2.05, 4.69) is 5.32 Å². The van der Waals surface area contributed by atoms with E-state index in [-0.39, 0.29) is 30.5 Å². The van der Waals surface area contributed by atoms with Crippen molar-refractivity contribution in [3.05, 3.63) is 34.6 Å². The third-order valence-corrected chi connectivity index (χ3v) is 5.70. The summed E-state index contributed by atoms with van der Waals surface area (Å²) in [7, 11) is 0. The van der Waals surface area contributed by atoms with Crippen LogP contribution in [0.4, 0.5) is 30.7 Å². The summed E-state index contributed by atoms with van der Waals surface area (Å²) >= 11 is 0. The molecule has 1 saturated carbocycles. The first-order valence-electron chi connectivity index (χ1n) is 9.51. The van der Waals surface area contributed by atoms with Gasteiger partial charge in [0.2, 0.25) is 0 Å². The maximum absolute atomic E-state index is 14.9. The number of nitrogens with one attached hydrogen (secondary N) is 1. The number of hydrogen-bond donors (Lipinski definition) is 1. The van der Waals surface area contributed by atoms with Crippen LogP contribution in [0.5, 0.6) is 0 Å². The second kappa shape index (κ2) is 9.39. The van der Waals surface area contributed by atoms with Gasteiger partial charge in [0, 0.05) is 37.8 Å². The summed E-state index contributed by atoms with van der Waals surface area (Å²) in [5.74, 6) is -1.63. The zero-order chi connectivity index (χ0) is 20.5. The van der Waals surface area contributed by atoms with Gasteiger partial charge < -0.3 is 5.32 Å². The molecule has 1 aromatic rings. The van der Waals surface area contributed by atoms with Gasteiger partial charge in [0.1, 0.15) is 5.82 Å². The Morgan fingerprint density at radius 2 is 1.48 bits per heavy atom. The zero-order valence-electron chi connectivity index (χ0n) is 15.7. The summed E-state index contributed by atoms with van der Waals surface area (Å²) in [4.78, 5) is 1.80. The van der Waals surface area contributed by atoms with Crippen LogP contribution >= 0.6 is 12.4 Å². The van der Waals surface area contributed by atoms with Gasteiger partial charge in [-0.15, -0.1) is 12.4 Å². The van der Waals surface area contributed by atoms with E-state index >= 15 is 0 Å². The Morgan fingerprint density at radius 1 is 0.897 bits per heavy atom. The van der Waals surface area contributed by atoms with Gasteiger partial charge in [0.05, 0.1) is 11.1 Å². The molecule has 2 fully saturated rings. The standard InChI is InChI=1S/C19H23F7N2.ClH/c20-15-11-13(18(21,22)23)10-14(19(24,25)26)16(15)17(12-4-2-1-3-5-12)28-8-6-27-7-9-28;/h10-12,17,27H,1-9H2;1H/t17-;/m1./s1. The van der Waals surface area contributed by atoms with Gasteiger partial charge >= 0.3 is 12.4 Å². The second-order valence-corrected chi connectivity index (χ2v) is 7.54. The highest BCUT2D eigenvalue weighted by Crippen LogP contribution is 2.46. The van der Waals surface area contributed by atoms with Crippen LogP contribution in [0.3, 0.4) is 0 Å². The van der Waals surface area contributed by atoms with Gasteiger partial charge in [0.25, 0.3) is 0 Å². The summed E-state index contributed by atoms with van der Waals surface area (Å²) in [6, 6.07) is -0.597. The van der Waals surface area contributed by atoms with Crippen molar-refractivity contribution in [2.75, 3.05) is 26.2 Å². The Labute approximate surface area is 171 Å². The van der Waals surface area contributed by atoms with Crippen molar-refractivity contribution in [2.45, 2.75) is 50.5 Å². The molecule has 1 heterocycles. The molecule has 0 aromatic heterocycles. The molecule has 3 rings (SSSR count). The Hall–Kier alpha value is -1.06. The summed E-state index contributed by atoms with van der Waals surface area (Å²) in [5.41, 5.74) is -3.74. The molecule has 29 heavy (non-hydrogen) atoms. The number of alkyl halides is 6. The fourth-order valence-corrected chi connectivity index (χ4v) is 4.44. The molecule has 0 unspecified atom stereocenters. The summed E-state index contributed by atoms with van der Waals surface area (Å²) in [5, 5.41) is 3.11. The highest BCUT2D eigenvalue weighted by Gasteiger charge is 2.44. The molecule has 1 N–H and O–H groups in total. The van der Waals surface area contributed by atoms with Crippen LogP contribution in [0, 0.1) is 11.7 Å². The maximum Gasteiger partial charge on any atom is 0.416 e. The predicted octanol–water partition coefficient (Wildman–Crippen LogP) is 5.81. The Bertz CT molecular complexity index is 660. The molecular formula is C19H24ClF7N2. The van der Waals surface area contributed by atoms with E-state index in [1.165, 1.54) is 0 Å². The largest absolute Gasteiger partial charge is 0.416 e. The summed E-state index contributed by atoms with van der Waals surface area (Å²) in [6.07, 6.45) is -6.20. The van der Waals surface area contributed by atoms with Crippen LogP contribution in [0.15, 0.2) is 12.1 Å². The monoisotopic (exact) mass is 448 g/mol. The van der Waals surface area contributed by atoms with Crippen molar-refractivity contribution in [1.29, 1.82) is 0 Å². The number of nitrogens with zero attached hydrogens (tertiary/aromatic N) is 1. The smallest absolute Gasteiger partial charge is 0.314 e. The van der Waals surface area contributed by atoms with Crippen LogP contribution < -0.4 is 5.32 Å². The molecule has 166 valence electrons. The van der Waals surface area contributed by atoms with Crippen LogP contribution in [0.1, 0.15) is 54.8 Å². The molecule has 0 amide bonds. The van der Waals surface area contributed by atoms with Crippen molar-refractivity contribution in [2.24, 2.45) is 5.92 Å². The molecule has 0 spiro atoms. The average Bonchev–Trinajstić information content (AvgIpc) is 2.63. The maximum atomic E-state index is 14.9. The molecule has 1 aliphatic heterocycles. The Balaban J connectivity index is 0.00000300. The van der Waals surface area contributed by atoms with E-state index in [0.29, 0.717) is 39.0 Å². The lowest BCUT2D eigenvalue weighted by molar-refractivity contribution is -0.144. The number of piperazine rings is 1. The van der Waals surface area contributed by atoms with Gasteiger partial charge in [-0.2, -0.15) is 26.3 Å². The highest BCUT2D eigenvalue weighted by atomic mass is 35.5. The fourth-order valence-electron chi connectivity index (χ4n) is 4.44. The first-order valence-corrected chi connectivity index (χ1v) is 9.51. The number of benzene rings is 1. The minimum Gasteiger partial charge on any atom is -0.314 e. The van der Waals surface area contributed by atoms with E-state index in [4.69, 9.17) is 0 Å². The molecule has 1 atom stereocenters. The quantitative estimate of drug-likeness (QED) is 0.587. The van der Waals surface area contributed by atoms with Gasteiger partial charge in [0.15, 0.2) is 0 Å². The molecule has 1 aromatic carbocycles. The topological polar surface area (TPSA) is 15.3 Å². The number of halogens is 8. The van der Waals surface area contributed by atoms with Gasteiger partial charge in [-0.05, 0) is 30.9 Å². The average molecular weight is 449 g/mol. The van der Waals surface area contributed by atoms with E-state index in [9.17, 15) is 30.7 Å². The van der Waals surface area contributed by atoms with Crippen LogP contribution in [-0.4, -0.2) is 31.1 Å². The molecule has 0 bridgehead atoms. The minimum absolute atomic E-state index is 0. The molecule has 0 radical (unpaired) electrons. The Kier molecular flexibility index (Phi) is 7.84. The van der Waals surface area contributed by atoms with E-state index in [0.717, 1.165) is 19.3 Å². The third-order valence-electron chi connectivity index (χ3n) is 5.70. The van der Waals surface area contributed by atoms with Crippen molar-refractivity contribution in [3.8, 4) is 0 Å². The molecule has 2 aliphatic rings. The van der Waals surface area contributed by atoms with Gasteiger partial charge in [-0.3, -0.25) is 4.90 Å². The second-order valence-electron chi connectivity index (χ2n) is 7.54. The molecule has 2 nitrogen and oxygen atoms in total. The van der Waals surface area contributed by atoms with E-state index in [1.54, 1.807) is 4.90 Å². The lowest BCUT2D eigenvalue weighted by Crippen LogP contribution is -2.47. The zero-order valence-corrected chi connectivity index (χ0v) is 16.5. The van der Waals surface area contributed by atoms with Crippen molar-refractivity contribution in [1.82, 2.24) is 10.2 Å². The van der Waals surface area contributed by atoms with Crippen LogP contribution in [0.25, 0.3) is 0 Å². The van der Waals surface area contributed by atoms with Crippen molar-refractivity contribution >= 4 is 12.4 Å². The molecular weight excluding hydrogens is 425 g/mol. The summed E-state index contributed by atoms with van der Waals surface area (Å²) in [6.45, 7) is 1.96. The molecule has 1 aliphatic carbocycles. The minimum atomic E-state index is -5.07. The van der Waals surface area contributed by atoms with Crippen molar-refractivity contribution < 1.29 is 30.7 Å².